The number of rotatable bonds is 8. The topological polar surface area (TPSA) is 138 Å². The minimum absolute atomic E-state index is 0.0823. The second-order valence-corrected chi connectivity index (χ2v) is 7.74. The molecule has 9 heteroatoms. The number of fused-ring (bicyclic) bond motifs is 3. The highest BCUT2D eigenvalue weighted by Gasteiger charge is 2.29. The first-order valence-electron chi connectivity index (χ1n) is 10.7. The lowest BCUT2D eigenvalue weighted by molar-refractivity contribution is -0.139. The van der Waals surface area contributed by atoms with Crippen molar-refractivity contribution in [3.63, 3.8) is 0 Å². The van der Waals surface area contributed by atoms with Gasteiger partial charge in [-0.1, -0.05) is 54.6 Å². The highest BCUT2D eigenvalue weighted by atomic mass is 16.5. The molecule has 3 aromatic rings. The van der Waals surface area contributed by atoms with Crippen molar-refractivity contribution in [1.29, 1.82) is 0 Å². The van der Waals surface area contributed by atoms with Crippen molar-refractivity contribution in [2.45, 2.75) is 18.4 Å². The van der Waals surface area contributed by atoms with Crippen LogP contribution in [0.5, 0.6) is 0 Å². The van der Waals surface area contributed by atoms with Crippen LogP contribution in [-0.2, 0) is 9.53 Å². The normalized spacial score (nSPS) is 12.9. The van der Waals surface area contributed by atoms with E-state index in [0.717, 1.165) is 22.3 Å². The predicted molar refractivity (Wildman–Crippen MR) is 124 cm³/mol. The molecule has 1 atom stereocenters. The Morgan fingerprint density at radius 3 is 2.21 bits per heavy atom. The SMILES string of the molecule is O=C(Nc1cccc(C(=O)NC(CCO)C(=O)O)n1)OCC1c2ccccc2-c2ccccc21. The Labute approximate surface area is 195 Å². The number of anilines is 1. The fourth-order valence-electron chi connectivity index (χ4n) is 3.99. The monoisotopic (exact) mass is 461 g/mol. The number of pyridine rings is 1. The van der Waals surface area contributed by atoms with E-state index in [-0.39, 0.29) is 30.5 Å². The van der Waals surface area contributed by atoms with Crippen molar-refractivity contribution in [2.24, 2.45) is 0 Å². The van der Waals surface area contributed by atoms with E-state index in [2.05, 4.69) is 15.6 Å². The largest absolute Gasteiger partial charge is 0.480 e. The molecule has 4 rings (SSSR count). The summed E-state index contributed by atoms with van der Waals surface area (Å²) in [6.45, 7) is -0.268. The summed E-state index contributed by atoms with van der Waals surface area (Å²) in [5.41, 5.74) is 4.33. The number of nitrogens with zero attached hydrogens (tertiary/aromatic N) is 1. The summed E-state index contributed by atoms with van der Waals surface area (Å²) in [4.78, 5) is 40.0. The first kappa shape index (κ1) is 22.9. The Morgan fingerprint density at radius 2 is 1.59 bits per heavy atom. The Balaban J connectivity index is 1.40. The molecule has 0 saturated heterocycles. The van der Waals surface area contributed by atoms with Crippen molar-refractivity contribution in [2.75, 3.05) is 18.5 Å². The summed E-state index contributed by atoms with van der Waals surface area (Å²) in [6.07, 6.45) is -0.866. The van der Waals surface area contributed by atoms with Crippen molar-refractivity contribution in [3.05, 3.63) is 83.6 Å². The van der Waals surface area contributed by atoms with E-state index in [1.807, 2.05) is 48.5 Å². The number of hydrogen-bond acceptors (Lipinski definition) is 6. The van der Waals surface area contributed by atoms with Gasteiger partial charge in [0.1, 0.15) is 24.2 Å². The molecule has 0 saturated carbocycles. The Kier molecular flexibility index (Phi) is 6.84. The van der Waals surface area contributed by atoms with Gasteiger partial charge in [0.2, 0.25) is 0 Å². The zero-order valence-corrected chi connectivity index (χ0v) is 18.1. The maximum Gasteiger partial charge on any atom is 0.412 e. The van der Waals surface area contributed by atoms with Crippen molar-refractivity contribution in [3.8, 4) is 11.1 Å². The van der Waals surface area contributed by atoms with Crippen LogP contribution in [0.25, 0.3) is 11.1 Å². The van der Waals surface area contributed by atoms with E-state index >= 15 is 0 Å². The van der Waals surface area contributed by atoms with Crippen molar-refractivity contribution >= 4 is 23.8 Å². The molecule has 0 radical (unpaired) electrons. The second kappa shape index (κ2) is 10.1. The Bertz CT molecular complexity index is 1180. The highest BCUT2D eigenvalue weighted by Crippen LogP contribution is 2.44. The van der Waals surface area contributed by atoms with Gasteiger partial charge in [-0.15, -0.1) is 0 Å². The van der Waals surface area contributed by atoms with Gasteiger partial charge in [0.15, 0.2) is 0 Å². The number of carbonyl (C=O) groups is 3. The molecule has 0 spiro atoms. The predicted octanol–water partition coefficient (Wildman–Crippen LogP) is 3.01. The fraction of sp³-hybridized carbons (Fsp3) is 0.200. The number of aliphatic hydroxyl groups is 1. The number of carbonyl (C=O) groups excluding carboxylic acids is 2. The number of amides is 2. The van der Waals surface area contributed by atoms with Gasteiger partial charge in [-0.05, 0) is 34.4 Å². The number of benzene rings is 2. The van der Waals surface area contributed by atoms with Gasteiger partial charge in [0.05, 0.1) is 0 Å². The first-order chi connectivity index (χ1) is 16.5. The Morgan fingerprint density at radius 1 is 0.941 bits per heavy atom. The second-order valence-electron chi connectivity index (χ2n) is 7.74. The smallest absolute Gasteiger partial charge is 0.412 e. The molecule has 34 heavy (non-hydrogen) atoms. The van der Waals surface area contributed by atoms with E-state index in [1.165, 1.54) is 18.2 Å². The molecule has 2 amide bonds. The van der Waals surface area contributed by atoms with E-state index in [1.54, 1.807) is 0 Å². The average molecular weight is 461 g/mol. The summed E-state index contributed by atoms with van der Waals surface area (Å²) in [6, 6.07) is 19.1. The molecule has 0 fully saturated rings. The number of ether oxygens (including phenoxy) is 1. The van der Waals surface area contributed by atoms with E-state index in [4.69, 9.17) is 14.9 Å². The summed E-state index contributed by atoms with van der Waals surface area (Å²) in [5.74, 6) is -2.02. The quantitative estimate of drug-likeness (QED) is 0.405. The molecule has 4 N–H and O–H groups in total. The molecule has 1 aromatic heterocycles. The third-order valence-corrected chi connectivity index (χ3v) is 5.58. The molecular formula is C25H23N3O6. The minimum atomic E-state index is -1.27. The lowest BCUT2D eigenvalue weighted by Gasteiger charge is -2.15. The van der Waals surface area contributed by atoms with Crippen molar-refractivity contribution < 1.29 is 29.3 Å². The van der Waals surface area contributed by atoms with E-state index in [9.17, 15) is 14.4 Å². The summed E-state index contributed by atoms with van der Waals surface area (Å²) in [5, 5.41) is 22.9. The molecule has 174 valence electrons. The number of aromatic nitrogens is 1. The number of nitrogens with one attached hydrogen (secondary N) is 2. The molecule has 0 bridgehead atoms. The lowest BCUT2D eigenvalue weighted by Crippen LogP contribution is -2.41. The molecular weight excluding hydrogens is 438 g/mol. The van der Waals surface area contributed by atoms with Gasteiger partial charge in [-0.2, -0.15) is 0 Å². The van der Waals surface area contributed by atoms with Gasteiger partial charge >= 0.3 is 12.1 Å². The number of aliphatic carboxylic acids is 1. The molecule has 9 nitrogen and oxygen atoms in total. The molecule has 1 heterocycles. The number of aliphatic hydroxyl groups excluding tert-OH is 1. The summed E-state index contributed by atoms with van der Waals surface area (Å²) < 4.78 is 5.48. The average Bonchev–Trinajstić information content (AvgIpc) is 3.16. The standard InChI is InChI=1S/C25H23N3O6/c29-13-12-21(24(31)32)27-23(30)20-10-5-11-22(26-20)28-25(33)34-14-19-17-8-3-1-6-15(17)16-7-2-4-9-18(16)19/h1-11,19,21,29H,12-14H2,(H,27,30)(H,31,32)(H,26,28,33). The van der Waals surface area contributed by atoms with Crippen LogP contribution in [0.15, 0.2) is 66.7 Å². The van der Waals surface area contributed by atoms with Crippen LogP contribution in [0, 0.1) is 0 Å². The van der Waals surface area contributed by atoms with Gasteiger partial charge in [-0.25, -0.2) is 14.6 Å². The van der Waals surface area contributed by atoms with Crippen LogP contribution >= 0.6 is 0 Å². The van der Waals surface area contributed by atoms with E-state index < -0.39 is 30.6 Å². The van der Waals surface area contributed by atoms with Gasteiger partial charge in [0, 0.05) is 18.9 Å². The maximum absolute atomic E-state index is 12.4. The number of carboxylic acid groups (broad SMARTS) is 1. The van der Waals surface area contributed by atoms with Crippen LogP contribution in [-0.4, -0.2) is 52.4 Å². The Hall–Kier alpha value is -4.24. The molecule has 1 aliphatic carbocycles. The number of carboxylic acids is 1. The van der Waals surface area contributed by atoms with Gasteiger partial charge < -0.3 is 20.3 Å². The number of hydrogen-bond donors (Lipinski definition) is 4. The van der Waals surface area contributed by atoms with Crippen LogP contribution in [0.4, 0.5) is 10.6 Å². The third kappa shape index (κ3) is 4.89. The van der Waals surface area contributed by atoms with Crippen LogP contribution < -0.4 is 10.6 Å². The maximum atomic E-state index is 12.4. The molecule has 1 unspecified atom stereocenters. The van der Waals surface area contributed by atoms with E-state index in [0.29, 0.717) is 0 Å². The summed E-state index contributed by atoms with van der Waals surface area (Å²) in [7, 11) is 0. The molecule has 0 aliphatic heterocycles. The van der Waals surface area contributed by atoms with Gasteiger partial charge in [0.25, 0.3) is 5.91 Å². The van der Waals surface area contributed by atoms with Crippen molar-refractivity contribution in [1.82, 2.24) is 10.3 Å². The minimum Gasteiger partial charge on any atom is -0.480 e. The lowest BCUT2D eigenvalue weighted by atomic mass is 9.98. The van der Waals surface area contributed by atoms with Crippen LogP contribution in [0.1, 0.15) is 34.0 Å². The zero-order chi connectivity index (χ0) is 24.1. The zero-order valence-electron chi connectivity index (χ0n) is 18.1. The van der Waals surface area contributed by atoms with Crippen LogP contribution in [0.2, 0.25) is 0 Å². The first-order valence-corrected chi connectivity index (χ1v) is 10.7. The van der Waals surface area contributed by atoms with Gasteiger partial charge in [-0.3, -0.25) is 10.1 Å². The third-order valence-electron chi connectivity index (χ3n) is 5.58. The summed E-state index contributed by atoms with van der Waals surface area (Å²) >= 11 is 0. The molecule has 1 aliphatic rings. The van der Waals surface area contributed by atoms with Crippen LogP contribution in [0.3, 0.4) is 0 Å². The highest BCUT2D eigenvalue weighted by molar-refractivity contribution is 5.95. The molecule has 2 aromatic carbocycles. The fourth-order valence-corrected chi connectivity index (χ4v) is 3.99.